The highest BCUT2D eigenvalue weighted by molar-refractivity contribution is 7.96. The maximum absolute atomic E-state index is 10.6. The van der Waals surface area contributed by atoms with E-state index in [2.05, 4.69) is 30.2 Å². The lowest BCUT2D eigenvalue weighted by atomic mass is 10.4. The lowest BCUT2D eigenvalue weighted by Crippen LogP contribution is -2.17. The van der Waals surface area contributed by atoms with Crippen molar-refractivity contribution < 1.29 is 14.3 Å². The highest BCUT2D eigenvalue weighted by Crippen LogP contribution is 1.97. The molecule has 0 bridgehead atoms. The van der Waals surface area contributed by atoms with E-state index in [1.807, 2.05) is 0 Å². The zero-order valence-electron chi connectivity index (χ0n) is 8.23. The first-order chi connectivity index (χ1) is 6.68. The first kappa shape index (κ1) is 14.2. The third-order valence-electron chi connectivity index (χ3n) is 1.51. The zero-order valence-corrected chi connectivity index (χ0v) is 10.0. The third-order valence-corrected chi connectivity index (χ3v) is 2.09. The lowest BCUT2D eigenvalue weighted by Gasteiger charge is -2.08. The summed E-state index contributed by atoms with van der Waals surface area (Å²) >= 11 is 7.46. The predicted molar refractivity (Wildman–Crippen MR) is 61.8 cm³/mol. The fourth-order valence-electron chi connectivity index (χ4n) is 0.712. The number of hydrogen-bond acceptors (Lipinski definition) is 5. The highest BCUT2D eigenvalue weighted by Gasteiger charge is 2.07. The molecule has 0 spiro atoms. The summed E-state index contributed by atoms with van der Waals surface area (Å²) in [6.07, 6.45) is 0.343. The SMILES string of the molecule is C[C@H](OCCCOCCNS)C(=O)S. The van der Waals surface area contributed by atoms with Gasteiger partial charge in [-0.15, -0.1) is 12.6 Å². The van der Waals surface area contributed by atoms with Crippen LogP contribution in [0.1, 0.15) is 13.3 Å². The molecule has 0 rings (SSSR count). The molecule has 0 aromatic carbocycles. The van der Waals surface area contributed by atoms with Crippen LogP contribution in [-0.4, -0.2) is 37.6 Å². The van der Waals surface area contributed by atoms with Crippen molar-refractivity contribution in [1.82, 2.24) is 4.72 Å². The third kappa shape index (κ3) is 8.83. The normalized spacial score (nSPS) is 12.8. The van der Waals surface area contributed by atoms with Crippen LogP contribution in [0.2, 0.25) is 0 Å². The molecule has 0 saturated heterocycles. The molecule has 4 nitrogen and oxygen atoms in total. The predicted octanol–water partition coefficient (Wildman–Crippen LogP) is 0.689. The van der Waals surface area contributed by atoms with Crippen LogP contribution >= 0.6 is 25.4 Å². The summed E-state index contributed by atoms with van der Waals surface area (Å²) in [5.74, 6) is 0. The lowest BCUT2D eigenvalue weighted by molar-refractivity contribution is -0.120. The van der Waals surface area contributed by atoms with Gasteiger partial charge in [0, 0.05) is 19.8 Å². The van der Waals surface area contributed by atoms with Crippen molar-refractivity contribution in [2.45, 2.75) is 19.4 Å². The number of carbonyl (C=O) groups excluding carboxylic acids is 1. The molecule has 0 aliphatic heterocycles. The first-order valence-electron chi connectivity index (χ1n) is 4.47. The second-order valence-electron chi connectivity index (χ2n) is 2.73. The molecule has 1 N–H and O–H groups in total. The average molecular weight is 239 g/mol. The van der Waals surface area contributed by atoms with Gasteiger partial charge in [0.25, 0.3) is 0 Å². The number of carbonyl (C=O) groups is 1. The summed E-state index contributed by atoms with van der Waals surface area (Å²) < 4.78 is 13.1. The van der Waals surface area contributed by atoms with Crippen LogP contribution < -0.4 is 4.72 Å². The van der Waals surface area contributed by atoms with Gasteiger partial charge in [0.15, 0.2) is 0 Å². The standard InChI is InChI=1S/C8H17NO3S2/c1-7(8(10)13)12-5-2-4-11-6-3-9-14/h7,9,14H,2-6H2,1H3,(H,10,13)/t7-/m0/s1. The molecule has 0 aromatic heterocycles. The Kier molecular flexibility index (Phi) is 9.97. The van der Waals surface area contributed by atoms with Gasteiger partial charge in [0.05, 0.1) is 6.61 Å². The summed E-state index contributed by atoms with van der Waals surface area (Å²) in [6.45, 7) is 4.17. The van der Waals surface area contributed by atoms with E-state index in [0.717, 1.165) is 13.0 Å². The van der Waals surface area contributed by atoms with E-state index in [4.69, 9.17) is 9.47 Å². The Hall–Kier alpha value is 0.250. The maximum atomic E-state index is 10.6. The Balaban J connectivity index is 3.09. The molecule has 0 heterocycles. The summed E-state index contributed by atoms with van der Waals surface area (Å²) in [6, 6.07) is 0. The van der Waals surface area contributed by atoms with Crippen molar-refractivity contribution in [3.8, 4) is 0 Å². The van der Waals surface area contributed by atoms with Crippen molar-refractivity contribution in [2.75, 3.05) is 26.4 Å². The molecule has 1 atom stereocenters. The molecular formula is C8H17NO3S2. The molecule has 0 fully saturated rings. The molecule has 0 aliphatic carbocycles. The van der Waals surface area contributed by atoms with Gasteiger partial charge in [-0.2, -0.15) is 0 Å². The van der Waals surface area contributed by atoms with Gasteiger partial charge in [0.1, 0.15) is 6.10 Å². The molecule has 0 aliphatic rings. The Bertz CT molecular complexity index is 158. The minimum atomic E-state index is -0.433. The van der Waals surface area contributed by atoms with Gasteiger partial charge in [-0.1, -0.05) is 12.8 Å². The molecule has 0 saturated carbocycles. The van der Waals surface area contributed by atoms with E-state index >= 15 is 0 Å². The monoisotopic (exact) mass is 239 g/mol. The molecule has 6 heteroatoms. The molecule has 0 amide bonds. The fourth-order valence-corrected chi connectivity index (χ4v) is 0.878. The second-order valence-corrected chi connectivity index (χ2v) is 3.48. The first-order valence-corrected chi connectivity index (χ1v) is 5.37. The summed E-state index contributed by atoms with van der Waals surface area (Å²) in [7, 11) is 0. The zero-order chi connectivity index (χ0) is 10.8. The Morgan fingerprint density at radius 1 is 1.43 bits per heavy atom. The van der Waals surface area contributed by atoms with Crippen molar-refractivity contribution in [3.05, 3.63) is 0 Å². The fraction of sp³-hybridized carbons (Fsp3) is 0.875. The van der Waals surface area contributed by atoms with Gasteiger partial charge in [-0.05, 0) is 13.3 Å². The summed E-state index contributed by atoms with van der Waals surface area (Å²) in [4.78, 5) is 10.6. The van der Waals surface area contributed by atoms with Crippen LogP contribution in [0.3, 0.4) is 0 Å². The Morgan fingerprint density at radius 2 is 2.14 bits per heavy atom. The Morgan fingerprint density at radius 3 is 2.71 bits per heavy atom. The number of thiol groups is 2. The summed E-state index contributed by atoms with van der Waals surface area (Å²) in [5, 5.41) is -0.245. The molecule has 84 valence electrons. The van der Waals surface area contributed by atoms with Gasteiger partial charge in [-0.25, -0.2) is 0 Å². The van der Waals surface area contributed by atoms with Gasteiger partial charge in [0.2, 0.25) is 5.12 Å². The van der Waals surface area contributed by atoms with Crippen LogP contribution in [-0.2, 0) is 14.3 Å². The van der Waals surface area contributed by atoms with Gasteiger partial charge >= 0.3 is 0 Å². The van der Waals surface area contributed by atoms with Crippen LogP contribution in [0.15, 0.2) is 0 Å². The molecule has 14 heavy (non-hydrogen) atoms. The second kappa shape index (κ2) is 9.79. The van der Waals surface area contributed by atoms with Crippen LogP contribution in [0.5, 0.6) is 0 Å². The number of nitrogens with one attached hydrogen (secondary N) is 1. The van der Waals surface area contributed by atoms with Crippen molar-refractivity contribution in [1.29, 1.82) is 0 Å². The molecular weight excluding hydrogens is 222 g/mol. The average Bonchev–Trinajstić information content (AvgIpc) is 2.16. The van der Waals surface area contributed by atoms with Crippen molar-refractivity contribution in [3.63, 3.8) is 0 Å². The number of rotatable bonds is 9. The number of hydrogen-bond donors (Lipinski definition) is 3. The van der Waals surface area contributed by atoms with Gasteiger partial charge in [-0.3, -0.25) is 9.52 Å². The Labute approximate surface area is 95.7 Å². The van der Waals surface area contributed by atoms with Gasteiger partial charge < -0.3 is 9.47 Å². The van der Waals surface area contributed by atoms with E-state index < -0.39 is 6.10 Å². The van der Waals surface area contributed by atoms with Crippen LogP contribution in [0, 0.1) is 0 Å². The molecule has 0 radical (unpaired) electrons. The van der Waals surface area contributed by atoms with E-state index in [1.165, 1.54) is 0 Å². The maximum Gasteiger partial charge on any atom is 0.214 e. The molecule has 0 unspecified atom stereocenters. The van der Waals surface area contributed by atoms with Crippen molar-refractivity contribution >= 4 is 30.6 Å². The van der Waals surface area contributed by atoms with E-state index in [1.54, 1.807) is 6.92 Å². The minimum Gasteiger partial charge on any atom is -0.380 e. The van der Waals surface area contributed by atoms with Crippen molar-refractivity contribution in [2.24, 2.45) is 0 Å². The van der Waals surface area contributed by atoms with E-state index in [9.17, 15) is 4.79 Å². The smallest absolute Gasteiger partial charge is 0.214 e. The minimum absolute atomic E-state index is 0.245. The van der Waals surface area contributed by atoms with Crippen LogP contribution in [0.25, 0.3) is 0 Å². The largest absolute Gasteiger partial charge is 0.380 e. The summed E-state index contributed by atoms with van der Waals surface area (Å²) in [5.41, 5.74) is 0. The van der Waals surface area contributed by atoms with E-state index in [0.29, 0.717) is 19.8 Å². The van der Waals surface area contributed by atoms with E-state index in [-0.39, 0.29) is 5.12 Å². The molecule has 0 aromatic rings. The topological polar surface area (TPSA) is 47.6 Å². The highest BCUT2D eigenvalue weighted by atomic mass is 32.1. The number of ether oxygens (including phenoxy) is 2. The quantitative estimate of drug-likeness (QED) is 0.409. The van der Waals surface area contributed by atoms with Crippen LogP contribution in [0.4, 0.5) is 0 Å².